The van der Waals surface area contributed by atoms with Crippen LogP contribution in [0.25, 0.3) is 11.1 Å². The standard InChI is InChI=1S/C22H23F6N3O3S/c1-21(2,33)20(32)31-7-6-17(30-35(29,34)22(26,27)28)18(31)10-12-4-3-5-16(19(12)25)13-8-14(23)11-15(24)9-13/h3-5,8-9,11,17-18,33H,6-7,10H2,1-2H3,(H2,29,30,34). The summed E-state index contributed by atoms with van der Waals surface area (Å²) in [6, 6.07) is 3.83. The van der Waals surface area contributed by atoms with Crippen LogP contribution in [0.15, 0.2) is 36.4 Å². The molecule has 0 saturated carbocycles. The average molecular weight is 523 g/mol. The average Bonchev–Trinajstić information content (AvgIpc) is 3.08. The fourth-order valence-electron chi connectivity index (χ4n) is 4.02. The third kappa shape index (κ3) is 5.78. The van der Waals surface area contributed by atoms with Gasteiger partial charge in [0.05, 0.1) is 6.04 Å². The number of amides is 1. The summed E-state index contributed by atoms with van der Waals surface area (Å²) in [5, 5.41) is 10.1. The topological polar surface area (TPSA) is 93.5 Å². The summed E-state index contributed by atoms with van der Waals surface area (Å²) in [7, 11) is -5.29. The number of likely N-dealkylation sites (tertiary alicyclic amines) is 1. The molecule has 1 aliphatic rings. The summed E-state index contributed by atoms with van der Waals surface area (Å²) in [4.78, 5) is 13.8. The van der Waals surface area contributed by atoms with Crippen molar-refractivity contribution in [3.63, 3.8) is 0 Å². The van der Waals surface area contributed by atoms with Crippen LogP contribution in [-0.4, -0.2) is 49.9 Å². The minimum atomic E-state index is -5.39. The highest BCUT2D eigenvalue weighted by Gasteiger charge is 2.48. The Kier molecular flexibility index (Phi) is 7.26. The Morgan fingerprint density at radius 1 is 1.17 bits per heavy atom. The Hall–Kier alpha value is -2.64. The molecule has 1 heterocycles. The van der Waals surface area contributed by atoms with E-state index in [4.69, 9.17) is 4.78 Å². The second-order valence-electron chi connectivity index (χ2n) is 8.78. The molecular weight excluding hydrogens is 500 g/mol. The number of nitrogens with zero attached hydrogens (tertiary/aromatic N) is 1. The number of aliphatic hydroxyl groups is 1. The van der Waals surface area contributed by atoms with Crippen LogP contribution in [0.1, 0.15) is 25.8 Å². The lowest BCUT2D eigenvalue weighted by molar-refractivity contribution is -0.148. The Morgan fingerprint density at radius 2 is 1.77 bits per heavy atom. The Bertz CT molecular complexity index is 1210. The van der Waals surface area contributed by atoms with Crippen molar-refractivity contribution in [3.05, 3.63) is 59.4 Å². The third-order valence-electron chi connectivity index (χ3n) is 5.65. The molecule has 0 aliphatic carbocycles. The van der Waals surface area contributed by atoms with Gasteiger partial charge in [-0.3, -0.25) is 4.79 Å². The summed E-state index contributed by atoms with van der Waals surface area (Å²) in [6.07, 6.45) is -0.529. The van der Waals surface area contributed by atoms with Crippen molar-refractivity contribution in [2.75, 3.05) is 6.54 Å². The number of nitrogens with one attached hydrogen (secondary N) is 2. The van der Waals surface area contributed by atoms with Gasteiger partial charge in [0.25, 0.3) is 5.91 Å². The minimum absolute atomic E-state index is 0.0945. The zero-order valence-electron chi connectivity index (χ0n) is 18.6. The second kappa shape index (κ2) is 9.43. The number of halogens is 6. The molecule has 1 fully saturated rings. The van der Waals surface area contributed by atoms with Gasteiger partial charge in [0, 0.05) is 24.2 Å². The maximum atomic E-state index is 15.4. The first-order valence-electron chi connectivity index (χ1n) is 10.4. The first kappa shape index (κ1) is 27.0. The molecule has 3 rings (SSSR count). The van der Waals surface area contributed by atoms with Crippen molar-refractivity contribution in [1.82, 2.24) is 9.62 Å². The number of carbonyl (C=O) groups excluding carboxylic acids is 1. The van der Waals surface area contributed by atoms with Gasteiger partial charge in [-0.2, -0.15) is 13.2 Å². The summed E-state index contributed by atoms with van der Waals surface area (Å²) >= 11 is 0. The highest BCUT2D eigenvalue weighted by molar-refractivity contribution is 7.91. The van der Waals surface area contributed by atoms with Crippen LogP contribution in [0.3, 0.4) is 0 Å². The molecule has 2 aromatic carbocycles. The normalized spacial score (nSPS) is 20.7. The largest absolute Gasteiger partial charge is 0.492 e. The molecule has 1 aliphatic heterocycles. The zero-order valence-corrected chi connectivity index (χ0v) is 19.4. The van der Waals surface area contributed by atoms with Crippen LogP contribution in [-0.2, 0) is 21.1 Å². The van der Waals surface area contributed by atoms with Crippen molar-refractivity contribution in [2.24, 2.45) is 0 Å². The molecule has 13 heteroatoms. The van der Waals surface area contributed by atoms with Gasteiger partial charge in [0.15, 0.2) is 0 Å². The van der Waals surface area contributed by atoms with E-state index in [1.807, 2.05) is 0 Å². The van der Waals surface area contributed by atoms with E-state index in [1.165, 1.54) is 32.0 Å². The fourth-order valence-corrected chi connectivity index (χ4v) is 4.86. The highest BCUT2D eigenvalue weighted by atomic mass is 32.2. The molecule has 3 N–H and O–H groups in total. The van der Waals surface area contributed by atoms with Crippen molar-refractivity contribution >= 4 is 15.8 Å². The van der Waals surface area contributed by atoms with E-state index < -0.39 is 56.5 Å². The zero-order chi connectivity index (χ0) is 26.3. The molecule has 0 radical (unpaired) electrons. The van der Waals surface area contributed by atoms with Crippen molar-refractivity contribution in [3.8, 4) is 11.1 Å². The van der Waals surface area contributed by atoms with E-state index in [2.05, 4.69) is 0 Å². The monoisotopic (exact) mass is 523 g/mol. The summed E-state index contributed by atoms with van der Waals surface area (Å²) in [5.41, 5.74) is -7.68. The molecule has 192 valence electrons. The Morgan fingerprint density at radius 3 is 2.31 bits per heavy atom. The Balaban J connectivity index is 2.02. The number of hydrogen-bond acceptors (Lipinski definition) is 4. The molecule has 0 bridgehead atoms. The van der Waals surface area contributed by atoms with Crippen LogP contribution in [0.2, 0.25) is 0 Å². The number of benzene rings is 2. The van der Waals surface area contributed by atoms with Crippen LogP contribution in [0.5, 0.6) is 0 Å². The molecule has 6 nitrogen and oxygen atoms in total. The van der Waals surface area contributed by atoms with Crippen molar-refractivity contribution in [2.45, 2.75) is 49.9 Å². The van der Waals surface area contributed by atoms with Crippen LogP contribution in [0.4, 0.5) is 26.3 Å². The Labute approximate surface area is 198 Å². The molecule has 3 unspecified atom stereocenters. The van der Waals surface area contributed by atoms with Gasteiger partial charge >= 0.3 is 5.51 Å². The van der Waals surface area contributed by atoms with Gasteiger partial charge in [0.2, 0.25) is 9.92 Å². The van der Waals surface area contributed by atoms with E-state index in [0.29, 0.717) is 6.07 Å². The lowest BCUT2D eigenvalue weighted by Crippen LogP contribution is -2.53. The first-order chi connectivity index (χ1) is 16.0. The van der Waals surface area contributed by atoms with Gasteiger partial charge in [-0.15, -0.1) is 0 Å². The number of carbonyl (C=O) groups is 1. The maximum Gasteiger partial charge on any atom is 0.492 e. The van der Waals surface area contributed by atoms with Gasteiger partial charge < -0.3 is 10.0 Å². The molecule has 1 saturated heterocycles. The molecule has 3 atom stereocenters. The van der Waals surface area contributed by atoms with Crippen molar-refractivity contribution < 1.29 is 40.5 Å². The number of rotatable bonds is 6. The highest BCUT2D eigenvalue weighted by Crippen LogP contribution is 2.32. The molecular formula is C22H23F6N3O3S. The van der Waals surface area contributed by atoms with E-state index in [0.717, 1.165) is 17.0 Å². The lowest BCUT2D eigenvalue weighted by atomic mass is 9.95. The predicted octanol–water partition coefficient (Wildman–Crippen LogP) is 4.12. The van der Waals surface area contributed by atoms with Gasteiger partial charge in [0.1, 0.15) is 23.1 Å². The van der Waals surface area contributed by atoms with Gasteiger partial charge in [-0.1, -0.05) is 18.2 Å². The maximum absolute atomic E-state index is 15.4. The van der Waals surface area contributed by atoms with Gasteiger partial charge in [-0.25, -0.2) is 26.9 Å². The quantitative estimate of drug-likeness (QED) is 0.498. The second-order valence-corrected chi connectivity index (χ2v) is 10.6. The first-order valence-corrected chi connectivity index (χ1v) is 12.0. The van der Waals surface area contributed by atoms with Crippen LogP contribution >= 0.6 is 0 Å². The van der Waals surface area contributed by atoms with E-state index in [-0.39, 0.29) is 36.1 Å². The SMILES string of the molecule is CC(C)(O)C(=O)N1CCC(NS(=N)(=O)C(F)(F)F)C1Cc1cccc(-c2cc(F)cc(F)c2)c1F. The minimum Gasteiger partial charge on any atom is -0.381 e. The van der Waals surface area contributed by atoms with Crippen LogP contribution < -0.4 is 4.72 Å². The van der Waals surface area contributed by atoms with E-state index >= 15 is 4.39 Å². The predicted molar refractivity (Wildman–Crippen MR) is 116 cm³/mol. The molecule has 35 heavy (non-hydrogen) atoms. The van der Waals surface area contributed by atoms with Crippen molar-refractivity contribution in [1.29, 1.82) is 4.78 Å². The van der Waals surface area contributed by atoms with E-state index in [9.17, 15) is 36.1 Å². The summed E-state index contributed by atoms with van der Waals surface area (Å²) in [5.74, 6) is -3.64. The van der Waals surface area contributed by atoms with Crippen LogP contribution in [0, 0.1) is 22.2 Å². The lowest BCUT2D eigenvalue weighted by Gasteiger charge is -2.33. The molecule has 0 aromatic heterocycles. The summed E-state index contributed by atoms with van der Waals surface area (Å²) < 4.78 is 103. The summed E-state index contributed by atoms with van der Waals surface area (Å²) in [6.45, 7) is 2.21. The number of hydrogen-bond donors (Lipinski definition) is 3. The molecule has 2 aromatic rings. The number of alkyl halides is 3. The fraction of sp³-hybridized carbons (Fsp3) is 0.409. The van der Waals surface area contributed by atoms with E-state index in [1.54, 1.807) is 4.72 Å². The smallest absolute Gasteiger partial charge is 0.381 e. The third-order valence-corrected chi connectivity index (χ3v) is 6.94. The van der Waals surface area contributed by atoms with Gasteiger partial charge in [-0.05, 0) is 49.9 Å². The molecule has 0 spiro atoms. The molecule has 1 amide bonds.